The summed E-state index contributed by atoms with van der Waals surface area (Å²) in [4.78, 5) is 36.5. The normalized spacial score (nSPS) is 15.0. The van der Waals surface area contributed by atoms with E-state index in [1.54, 1.807) is 6.92 Å². The van der Waals surface area contributed by atoms with E-state index in [9.17, 15) is 24.6 Å². The molecule has 0 saturated carbocycles. The van der Waals surface area contributed by atoms with Crippen LogP contribution in [-0.2, 0) is 14.3 Å². The van der Waals surface area contributed by atoms with E-state index in [-0.39, 0.29) is 19.1 Å². The molecule has 0 fully saturated rings. The van der Waals surface area contributed by atoms with Gasteiger partial charge in [-0.1, -0.05) is 55.5 Å². The van der Waals surface area contributed by atoms with Gasteiger partial charge >= 0.3 is 12.1 Å². The Balaban J connectivity index is 1.68. The maximum Gasteiger partial charge on any atom is 0.407 e. The van der Waals surface area contributed by atoms with Gasteiger partial charge in [-0.3, -0.25) is 9.59 Å². The van der Waals surface area contributed by atoms with Crippen molar-refractivity contribution in [2.24, 2.45) is 0 Å². The number of ether oxygens (including phenoxy) is 1. The minimum Gasteiger partial charge on any atom is -0.481 e. The zero-order valence-electron chi connectivity index (χ0n) is 18.8. The smallest absolute Gasteiger partial charge is 0.407 e. The highest BCUT2D eigenvalue weighted by atomic mass is 16.5. The molecule has 3 rings (SSSR count). The average molecular weight is 455 g/mol. The summed E-state index contributed by atoms with van der Waals surface area (Å²) >= 11 is 0. The SMILES string of the molecule is CCC(C)(CCO)NC(=O)C(CC(=O)O)NC(=O)OCC1c2ccccc2-c2ccccc21. The molecule has 2 amide bonds. The van der Waals surface area contributed by atoms with Crippen molar-refractivity contribution in [3.8, 4) is 11.1 Å². The Labute approximate surface area is 193 Å². The van der Waals surface area contributed by atoms with Crippen LogP contribution in [0.15, 0.2) is 48.5 Å². The van der Waals surface area contributed by atoms with Crippen LogP contribution in [0.3, 0.4) is 0 Å². The number of nitrogens with one attached hydrogen (secondary N) is 2. The van der Waals surface area contributed by atoms with Crippen LogP contribution in [0.2, 0.25) is 0 Å². The first-order valence-electron chi connectivity index (χ1n) is 11.0. The highest BCUT2D eigenvalue weighted by Crippen LogP contribution is 2.44. The van der Waals surface area contributed by atoms with Gasteiger partial charge in [0.15, 0.2) is 0 Å². The predicted molar refractivity (Wildman–Crippen MR) is 123 cm³/mol. The van der Waals surface area contributed by atoms with Gasteiger partial charge in [0.1, 0.15) is 12.6 Å². The summed E-state index contributed by atoms with van der Waals surface area (Å²) in [6, 6.07) is 14.5. The molecule has 33 heavy (non-hydrogen) atoms. The minimum absolute atomic E-state index is 0.0540. The molecule has 2 aromatic rings. The summed E-state index contributed by atoms with van der Waals surface area (Å²) < 4.78 is 5.44. The number of aliphatic hydroxyl groups is 1. The molecule has 8 nitrogen and oxygen atoms in total. The number of amides is 2. The van der Waals surface area contributed by atoms with E-state index in [2.05, 4.69) is 10.6 Å². The van der Waals surface area contributed by atoms with Crippen molar-refractivity contribution in [1.82, 2.24) is 10.6 Å². The molecule has 0 bridgehead atoms. The predicted octanol–water partition coefficient (Wildman–Crippen LogP) is 3.04. The Morgan fingerprint density at radius 2 is 1.64 bits per heavy atom. The number of hydrogen-bond donors (Lipinski definition) is 4. The van der Waals surface area contributed by atoms with Crippen LogP contribution in [0.1, 0.15) is 50.2 Å². The topological polar surface area (TPSA) is 125 Å². The van der Waals surface area contributed by atoms with Crippen LogP contribution in [0.25, 0.3) is 11.1 Å². The molecule has 2 atom stereocenters. The van der Waals surface area contributed by atoms with Crippen molar-refractivity contribution in [3.63, 3.8) is 0 Å². The standard InChI is InChI=1S/C25H30N2O6/c1-3-25(2,12-13-28)27-23(31)21(14-22(29)30)26-24(32)33-15-20-18-10-6-4-8-16(18)17-9-5-7-11-19(17)20/h4-11,20-21,28H,3,12-15H2,1-2H3,(H,26,32)(H,27,31)(H,29,30). The summed E-state index contributed by atoms with van der Waals surface area (Å²) in [7, 11) is 0. The summed E-state index contributed by atoms with van der Waals surface area (Å²) in [5, 5.41) is 23.6. The molecule has 1 aliphatic carbocycles. The summed E-state index contributed by atoms with van der Waals surface area (Å²) in [6.45, 7) is 3.53. The second-order valence-corrected chi connectivity index (χ2v) is 8.50. The van der Waals surface area contributed by atoms with Crippen molar-refractivity contribution in [2.45, 2.75) is 50.6 Å². The molecule has 0 spiro atoms. The first-order valence-corrected chi connectivity index (χ1v) is 11.0. The first-order chi connectivity index (χ1) is 15.8. The number of rotatable bonds is 10. The fraction of sp³-hybridized carbons (Fsp3) is 0.400. The number of carbonyl (C=O) groups excluding carboxylic acids is 2. The molecule has 176 valence electrons. The molecule has 0 heterocycles. The van der Waals surface area contributed by atoms with Crippen LogP contribution < -0.4 is 10.6 Å². The fourth-order valence-corrected chi connectivity index (χ4v) is 4.13. The zero-order valence-corrected chi connectivity index (χ0v) is 18.8. The number of aliphatic carboxylic acids is 1. The Kier molecular flexibility index (Phi) is 7.71. The molecular weight excluding hydrogens is 424 g/mol. The van der Waals surface area contributed by atoms with Crippen LogP contribution in [0.5, 0.6) is 0 Å². The molecule has 1 aliphatic rings. The lowest BCUT2D eigenvalue weighted by atomic mass is 9.94. The van der Waals surface area contributed by atoms with Crippen LogP contribution >= 0.6 is 0 Å². The van der Waals surface area contributed by atoms with Crippen molar-refractivity contribution < 1.29 is 29.3 Å². The van der Waals surface area contributed by atoms with Gasteiger partial charge in [0.2, 0.25) is 5.91 Å². The van der Waals surface area contributed by atoms with E-state index < -0.39 is 36.0 Å². The van der Waals surface area contributed by atoms with Gasteiger partial charge < -0.3 is 25.6 Å². The fourth-order valence-electron chi connectivity index (χ4n) is 4.13. The molecule has 2 unspecified atom stereocenters. The van der Waals surface area contributed by atoms with Gasteiger partial charge in [-0.15, -0.1) is 0 Å². The van der Waals surface area contributed by atoms with Gasteiger partial charge in [0, 0.05) is 18.1 Å². The third-order valence-electron chi connectivity index (χ3n) is 6.20. The molecule has 0 radical (unpaired) electrons. The Morgan fingerprint density at radius 3 is 2.15 bits per heavy atom. The van der Waals surface area contributed by atoms with Gasteiger partial charge in [-0.2, -0.15) is 0 Å². The van der Waals surface area contributed by atoms with E-state index >= 15 is 0 Å². The van der Waals surface area contributed by atoms with Crippen molar-refractivity contribution >= 4 is 18.0 Å². The highest BCUT2D eigenvalue weighted by Gasteiger charge is 2.32. The Hall–Kier alpha value is -3.39. The van der Waals surface area contributed by atoms with Crippen molar-refractivity contribution in [2.75, 3.05) is 13.2 Å². The highest BCUT2D eigenvalue weighted by molar-refractivity contribution is 5.89. The van der Waals surface area contributed by atoms with E-state index in [1.807, 2.05) is 55.5 Å². The monoisotopic (exact) mass is 454 g/mol. The van der Waals surface area contributed by atoms with E-state index in [1.165, 1.54) is 0 Å². The quantitative estimate of drug-likeness (QED) is 0.437. The van der Waals surface area contributed by atoms with E-state index in [0.717, 1.165) is 22.3 Å². The number of carboxylic acids is 1. The van der Waals surface area contributed by atoms with E-state index in [0.29, 0.717) is 12.8 Å². The van der Waals surface area contributed by atoms with Crippen molar-refractivity contribution in [1.29, 1.82) is 0 Å². The van der Waals surface area contributed by atoms with Crippen molar-refractivity contribution in [3.05, 3.63) is 59.7 Å². The Bertz CT molecular complexity index is 978. The lowest BCUT2D eigenvalue weighted by Gasteiger charge is -2.31. The molecule has 8 heteroatoms. The maximum atomic E-state index is 12.7. The molecule has 0 saturated heterocycles. The van der Waals surface area contributed by atoms with Crippen LogP contribution in [-0.4, -0.2) is 53.0 Å². The lowest BCUT2D eigenvalue weighted by Crippen LogP contribution is -2.55. The van der Waals surface area contributed by atoms with Crippen LogP contribution in [0, 0.1) is 0 Å². The van der Waals surface area contributed by atoms with Gasteiger partial charge in [-0.05, 0) is 42.0 Å². The molecular formula is C25H30N2O6. The number of carboxylic acid groups (broad SMARTS) is 1. The van der Waals surface area contributed by atoms with Gasteiger partial charge in [0.05, 0.1) is 6.42 Å². The third kappa shape index (κ3) is 5.70. The molecule has 0 aliphatic heterocycles. The Morgan fingerprint density at radius 1 is 1.06 bits per heavy atom. The summed E-state index contributed by atoms with van der Waals surface area (Å²) in [5.41, 5.74) is 3.56. The lowest BCUT2D eigenvalue weighted by molar-refractivity contribution is -0.140. The first kappa shape index (κ1) is 24.3. The number of alkyl carbamates (subject to hydrolysis) is 1. The molecule has 0 aromatic heterocycles. The third-order valence-corrected chi connectivity index (χ3v) is 6.20. The number of benzene rings is 2. The summed E-state index contributed by atoms with van der Waals surface area (Å²) in [6.07, 6.45) is -0.613. The second kappa shape index (κ2) is 10.5. The van der Waals surface area contributed by atoms with Gasteiger partial charge in [-0.25, -0.2) is 4.79 Å². The maximum absolute atomic E-state index is 12.7. The van der Waals surface area contributed by atoms with Crippen LogP contribution in [0.4, 0.5) is 4.79 Å². The average Bonchev–Trinajstić information content (AvgIpc) is 3.11. The van der Waals surface area contributed by atoms with E-state index in [4.69, 9.17) is 4.74 Å². The minimum atomic E-state index is -1.30. The molecule has 2 aromatic carbocycles. The number of fused-ring (bicyclic) bond motifs is 3. The number of carbonyl (C=O) groups is 3. The second-order valence-electron chi connectivity index (χ2n) is 8.50. The summed E-state index contributed by atoms with van der Waals surface area (Å²) in [5.74, 6) is -2.01. The zero-order chi connectivity index (χ0) is 24.0. The number of hydrogen-bond acceptors (Lipinski definition) is 5. The number of aliphatic hydroxyl groups excluding tert-OH is 1. The molecule has 4 N–H and O–H groups in total. The van der Waals surface area contributed by atoms with Gasteiger partial charge in [0.25, 0.3) is 0 Å². The largest absolute Gasteiger partial charge is 0.481 e.